The van der Waals surface area contributed by atoms with Gasteiger partial charge in [0.2, 0.25) is 0 Å². The lowest BCUT2D eigenvalue weighted by atomic mass is 9.98. The van der Waals surface area contributed by atoms with Gasteiger partial charge in [0, 0.05) is 0 Å². The van der Waals surface area contributed by atoms with Gasteiger partial charge in [0.05, 0.1) is 0 Å². The molecule has 2 rings (SSSR count). The van der Waals surface area contributed by atoms with Crippen LogP contribution in [0, 0.1) is 0 Å². The first-order valence-corrected chi connectivity index (χ1v) is 10.9. The molecule has 0 bridgehead atoms. The Kier molecular flexibility index (Phi) is 8.52. The summed E-state index contributed by atoms with van der Waals surface area (Å²) in [7, 11) is 2.76. The van der Waals surface area contributed by atoms with Crippen LogP contribution in [0.1, 0.15) is 64.2 Å². The van der Waals surface area contributed by atoms with Crippen molar-refractivity contribution in [3.8, 4) is 0 Å². The molecule has 0 atom stereocenters. The van der Waals surface area contributed by atoms with Gasteiger partial charge in [-0.2, -0.15) is 0 Å². The van der Waals surface area contributed by atoms with Crippen molar-refractivity contribution in [1.29, 1.82) is 0 Å². The Morgan fingerprint density at radius 3 is 1.41 bits per heavy atom. The molecule has 0 aromatic rings. The van der Waals surface area contributed by atoms with Crippen LogP contribution in [0.4, 0.5) is 0 Å². The molecular formula is C16H26O4S2. The second kappa shape index (κ2) is 10.4. The van der Waals surface area contributed by atoms with E-state index in [-0.39, 0.29) is 24.1 Å². The van der Waals surface area contributed by atoms with E-state index in [9.17, 15) is 9.59 Å². The molecule has 2 saturated carbocycles. The van der Waals surface area contributed by atoms with Gasteiger partial charge in [0.25, 0.3) is 0 Å². The maximum absolute atomic E-state index is 11.7. The fraction of sp³-hybridized carbons (Fsp3) is 0.875. The molecule has 0 radical (unpaired) electrons. The van der Waals surface area contributed by atoms with Gasteiger partial charge in [-0.3, -0.25) is 9.59 Å². The summed E-state index contributed by atoms with van der Waals surface area (Å²) >= 11 is 0. The fourth-order valence-corrected chi connectivity index (χ4v) is 4.56. The van der Waals surface area contributed by atoms with Crippen LogP contribution in [0.15, 0.2) is 0 Å². The summed E-state index contributed by atoms with van der Waals surface area (Å²) in [6.07, 6.45) is 11.4. The highest BCUT2D eigenvalue weighted by Gasteiger charge is 2.19. The number of hydrogen-bond acceptors (Lipinski definition) is 6. The quantitative estimate of drug-likeness (QED) is 0.393. The Labute approximate surface area is 140 Å². The largest absolute Gasteiger partial charge is 0.462 e. The molecule has 0 saturated heterocycles. The Morgan fingerprint density at radius 1 is 0.682 bits per heavy atom. The predicted octanol–water partition coefficient (Wildman–Crippen LogP) is 4.12. The van der Waals surface area contributed by atoms with Crippen LogP contribution < -0.4 is 0 Å². The summed E-state index contributed by atoms with van der Waals surface area (Å²) in [5, 5.41) is 0. The van der Waals surface area contributed by atoms with E-state index in [1.54, 1.807) is 0 Å². The lowest BCUT2D eigenvalue weighted by Gasteiger charge is -2.22. The van der Waals surface area contributed by atoms with Crippen LogP contribution in [0.3, 0.4) is 0 Å². The van der Waals surface area contributed by atoms with Gasteiger partial charge >= 0.3 is 11.9 Å². The molecule has 0 aromatic heterocycles. The van der Waals surface area contributed by atoms with Gasteiger partial charge in [-0.05, 0) is 51.4 Å². The van der Waals surface area contributed by atoms with Crippen molar-refractivity contribution < 1.29 is 19.1 Å². The Bertz CT molecular complexity index is 316. The van der Waals surface area contributed by atoms with Crippen molar-refractivity contribution in [2.24, 2.45) is 0 Å². The highest BCUT2D eigenvalue weighted by Crippen LogP contribution is 2.25. The Balaban J connectivity index is 1.48. The summed E-state index contributed by atoms with van der Waals surface area (Å²) in [4.78, 5) is 23.4. The second-order valence-corrected chi connectivity index (χ2v) is 8.49. The zero-order valence-corrected chi connectivity index (χ0v) is 14.7. The van der Waals surface area contributed by atoms with E-state index in [1.165, 1.54) is 34.4 Å². The minimum Gasteiger partial charge on any atom is -0.462 e. The molecule has 2 aliphatic carbocycles. The molecule has 6 heteroatoms. The van der Waals surface area contributed by atoms with E-state index in [2.05, 4.69) is 0 Å². The number of rotatable bonds is 7. The standard InChI is InChI=1S/C16H26O4S2/c17-15(19-13-7-3-1-4-8-13)11-21-22-12-16(18)20-14-9-5-2-6-10-14/h13-14H,1-12H2. The van der Waals surface area contributed by atoms with Crippen LogP contribution >= 0.6 is 21.6 Å². The minimum atomic E-state index is -0.162. The van der Waals surface area contributed by atoms with E-state index in [4.69, 9.17) is 9.47 Å². The molecular weight excluding hydrogens is 320 g/mol. The third kappa shape index (κ3) is 7.27. The van der Waals surface area contributed by atoms with Crippen molar-refractivity contribution in [3.05, 3.63) is 0 Å². The van der Waals surface area contributed by atoms with E-state index in [0.717, 1.165) is 51.4 Å². The molecule has 0 heterocycles. The van der Waals surface area contributed by atoms with Crippen molar-refractivity contribution >= 4 is 33.5 Å². The summed E-state index contributed by atoms with van der Waals surface area (Å²) in [6.45, 7) is 0. The van der Waals surface area contributed by atoms with Crippen LogP contribution in [-0.2, 0) is 19.1 Å². The van der Waals surface area contributed by atoms with Crippen molar-refractivity contribution in [2.45, 2.75) is 76.4 Å². The molecule has 0 unspecified atom stereocenters. The first kappa shape index (κ1) is 18.0. The number of carbonyl (C=O) groups is 2. The Morgan fingerprint density at radius 2 is 1.05 bits per heavy atom. The number of ether oxygens (including phenoxy) is 2. The predicted molar refractivity (Wildman–Crippen MR) is 90.8 cm³/mol. The maximum Gasteiger partial charge on any atom is 0.317 e. The molecule has 2 fully saturated rings. The van der Waals surface area contributed by atoms with Gasteiger partial charge in [-0.1, -0.05) is 34.4 Å². The zero-order valence-electron chi connectivity index (χ0n) is 13.1. The number of hydrogen-bond donors (Lipinski definition) is 0. The van der Waals surface area contributed by atoms with Crippen molar-refractivity contribution in [1.82, 2.24) is 0 Å². The normalized spacial score (nSPS) is 20.5. The smallest absolute Gasteiger partial charge is 0.317 e. The van der Waals surface area contributed by atoms with E-state index in [1.807, 2.05) is 0 Å². The first-order valence-electron chi connectivity index (χ1n) is 8.37. The fourth-order valence-electron chi connectivity index (χ4n) is 2.99. The van der Waals surface area contributed by atoms with Gasteiger partial charge in [-0.25, -0.2) is 0 Å². The highest BCUT2D eigenvalue weighted by molar-refractivity contribution is 8.77. The summed E-state index contributed by atoms with van der Waals surface area (Å²) < 4.78 is 10.9. The van der Waals surface area contributed by atoms with Crippen LogP contribution in [0.5, 0.6) is 0 Å². The maximum atomic E-state index is 11.7. The summed E-state index contributed by atoms with van der Waals surface area (Å²) in [5.74, 6) is 0.283. The molecule has 0 N–H and O–H groups in total. The van der Waals surface area contributed by atoms with Crippen molar-refractivity contribution in [3.63, 3.8) is 0 Å². The molecule has 0 amide bonds. The molecule has 2 aliphatic rings. The van der Waals surface area contributed by atoms with Crippen molar-refractivity contribution in [2.75, 3.05) is 11.5 Å². The van der Waals surface area contributed by atoms with Crippen LogP contribution in [0.25, 0.3) is 0 Å². The first-order chi connectivity index (χ1) is 10.7. The molecule has 22 heavy (non-hydrogen) atoms. The SMILES string of the molecule is O=C(CSSCC(=O)OC1CCCCC1)OC1CCCCC1. The average Bonchev–Trinajstić information content (AvgIpc) is 2.53. The molecule has 126 valence electrons. The number of esters is 2. The van der Waals surface area contributed by atoms with Gasteiger partial charge < -0.3 is 9.47 Å². The topological polar surface area (TPSA) is 52.6 Å². The van der Waals surface area contributed by atoms with E-state index < -0.39 is 0 Å². The third-order valence-corrected chi connectivity index (χ3v) is 6.22. The molecule has 4 nitrogen and oxygen atoms in total. The van der Waals surface area contributed by atoms with E-state index in [0.29, 0.717) is 11.5 Å². The lowest BCUT2D eigenvalue weighted by Crippen LogP contribution is -2.22. The molecule has 0 aliphatic heterocycles. The molecule has 0 aromatic carbocycles. The zero-order chi connectivity index (χ0) is 15.6. The van der Waals surface area contributed by atoms with Gasteiger partial charge in [0.15, 0.2) is 0 Å². The van der Waals surface area contributed by atoms with Gasteiger partial charge in [-0.15, -0.1) is 0 Å². The highest BCUT2D eigenvalue weighted by atomic mass is 33.1. The molecule has 0 spiro atoms. The van der Waals surface area contributed by atoms with Crippen LogP contribution in [-0.4, -0.2) is 35.7 Å². The average molecular weight is 347 g/mol. The van der Waals surface area contributed by atoms with Gasteiger partial charge in [0.1, 0.15) is 23.7 Å². The second-order valence-electron chi connectivity index (χ2n) is 6.02. The summed E-state index contributed by atoms with van der Waals surface area (Å²) in [5.41, 5.74) is 0. The van der Waals surface area contributed by atoms with Crippen LogP contribution in [0.2, 0.25) is 0 Å². The monoisotopic (exact) mass is 346 g/mol. The Hall–Kier alpha value is -0.360. The number of carbonyl (C=O) groups excluding carboxylic acids is 2. The minimum absolute atomic E-state index is 0.114. The third-order valence-electron chi connectivity index (χ3n) is 4.14. The summed E-state index contributed by atoms with van der Waals surface area (Å²) in [6, 6.07) is 0. The lowest BCUT2D eigenvalue weighted by molar-refractivity contribution is -0.148. The van der Waals surface area contributed by atoms with E-state index >= 15 is 0 Å².